The highest BCUT2D eigenvalue weighted by molar-refractivity contribution is 9.10. The second kappa shape index (κ2) is 7.02. The van der Waals surface area contributed by atoms with Gasteiger partial charge < -0.3 is 5.11 Å². The lowest BCUT2D eigenvalue weighted by Crippen LogP contribution is -2.10. The van der Waals surface area contributed by atoms with Crippen LogP contribution >= 0.6 is 27.3 Å². The zero-order valence-corrected chi connectivity index (χ0v) is 12.5. The van der Waals surface area contributed by atoms with Crippen LogP contribution in [0.5, 0.6) is 0 Å². The summed E-state index contributed by atoms with van der Waals surface area (Å²) in [6, 6.07) is 6.23. The lowest BCUT2D eigenvalue weighted by Gasteiger charge is -2.10. The highest BCUT2D eigenvalue weighted by Gasteiger charge is 2.06. The van der Waals surface area contributed by atoms with Gasteiger partial charge in [-0.05, 0) is 64.7 Å². The van der Waals surface area contributed by atoms with Gasteiger partial charge in [0.2, 0.25) is 0 Å². The topological polar surface area (TPSA) is 33.1 Å². The van der Waals surface area contributed by atoms with Crippen molar-refractivity contribution in [3.8, 4) is 0 Å². The smallest absolute Gasteiger partial charge is 0.0581 e. The third-order valence-corrected chi connectivity index (χ3v) is 4.14. The van der Waals surface area contributed by atoms with Crippen LogP contribution in [0.1, 0.15) is 23.3 Å². The molecule has 0 saturated heterocycles. The Labute approximate surface area is 120 Å². The van der Waals surface area contributed by atoms with Gasteiger partial charge in [-0.25, -0.2) is 0 Å². The van der Waals surface area contributed by atoms with E-state index in [0.29, 0.717) is 6.42 Å². The average Bonchev–Trinajstić information content (AvgIpc) is 2.82. The Morgan fingerprint density at radius 1 is 1.39 bits per heavy atom. The van der Waals surface area contributed by atoms with Gasteiger partial charge in [0, 0.05) is 21.7 Å². The zero-order valence-electron chi connectivity index (χ0n) is 10.1. The summed E-state index contributed by atoms with van der Waals surface area (Å²) in [7, 11) is 0. The maximum absolute atomic E-state index is 9.98. The molecule has 2 heterocycles. The van der Waals surface area contributed by atoms with E-state index in [-0.39, 0.29) is 6.10 Å². The number of rotatable bonds is 6. The summed E-state index contributed by atoms with van der Waals surface area (Å²) in [6.07, 6.45) is 6.90. The van der Waals surface area contributed by atoms with E-state index in [0.717, 1.165) is 29.3 Å². The van der Waals surface area contributed by atoms with Crippen molar-refractivity contribution < 1.29 is 5.11 Å². The van der Waals surface area contributed by atoms with Gasteiger partial charge in [-0.1, -0.05) is 6.07 Å². The summed E-state index contributed by atoms with van der Waals surface area (Å²) in [4.78, 5) is 5.50. The molecule has 1 unspecified atom stereocenters. The van der Waals surface area contributed by atoms with E-state index in [2.05, 4.69) is 38.4 Å². The number of aliphatic hydroxyl groups is 1. The fourth-order valence-corrected chi connectivity index (χ4v) is 3.07. The highest BCUT2D eigenvalue weighted by atomic mass is 79.9. The number of aryl methyl sites for hydroxylation is 1. The van der Waals surface area contributed by atoms with E-state index < -0.39 is 0 Å². The molecule has 2 aromatic heterocycles. The quantitative estimate of drug-likeness (QED) is 0.875. The summed E-state index contributed by atoms with van der Waals surface area (Å²) in [6.45, 7) is 0. The van der Waals surface area contributed by atoms with E-state index in [1.54, 1.807) is 17.5 Å². The number of hydrogen-bond acceptors (Lipinski definition) is 3. The molecule has 0 aliphatic carbocycles. The van der Waals surface area contributed by atoms with E-state index in [1.165, 1.54) is 4.88 Å². The Balaban J connectivity index is 1.73. The zero-order chi connectivity index (χ0) is 12.8. The summed E-state index contributed by atoms with van der Waals surface area (Å²) < 4.78 is 0.964. The summed E-state index contributed by atoms with van der Waals surface area (Å²) in [5.41, 5.74) is 1.08. The molecule has 2 nitrogen and oxygen atoms in total. The fraction of sp³-hybridized carbons (Fsp3) is 0.357. The van der Waals surface area contributed by atoms with Gasteiger partial charge in [0.15, 0.2) is 0 Å². The molecule has 2 rings (SSSR count). The first-order chi connectivity index (χ1) is 8.74. The minimum Gasteiger partial charge on any atom is -0.393 e. The number of aliphatic hydroxyl groups excluding tert-OH is 1. The third kappa shape index (κ3) is 4.52. The molecule has 0 aliphatic rings. The van der Waals surface area contributed by atoms with Crippen molar-refractivity contribution >= 4 is 27.3 Å². The number of hydrogen-bond donors (Lipinski definition) is 1. The largest absolute Gasteiger partial charge is 0.393 e. The van der Waals surface area contributed by atoms with E-state index >= 15 is 0 Å². The van der Waals surface area contributed by atoms with Gasteiger partial charge in [0.25, 0.3) is 0 Å². The predicted octanol–water partition coefficient (Wildman–Crippen LogP) is 3.83. The predicted molar refractivity (Wildman–Crippen MR) is 78.9 cm³/mol. The molecule has 0 fully saturated rings. The van der Waals surface area contributed by atoms with Crippen molar-refractivity contribution in [1.29, 1.82) is 0 Å². The third-order valence-electron chi connectivity index (χ3n) is 2.77. The lowest BCUT2D eigenvalue weighted by molar-refractivity contribution is 0.162. The van der Waals surface area contributed by atoms with Gasteiger partial charge in [0.1, 0.15) is 0 Å². The van der Waals surface area contributed by atoms with Gasteiger partial charge in [-0.15, -0.1) is 11.3 Å². The Bertz CT molecular complexity index is 472. The molecule has 0 amide bonds. The molecule has 0 aliphatic heterocycles. The summed E-state index contributed by atoms with van der Waals surface area (Å²) in [5, 5.41) is 12.1. The van der Waals surface area contributed by atoms with Crippen LogP contribution in [0.2, 0.25) is 0 Å². The number of pyridine rings is 1. The molecule has 0 aromatic carbocycles. The molecule has 2 aromatic rings. The molecule has 1 atom stereocenters. The van der Waals surface area contributed by atoms with Crippen LogP contribution in [0.15, 0.2) is 40.4 Å². The molecule has 0 bridgehead atoms. The number of thiophene rings is 1. The summed E-state index contributed by atoms with van der Waals surface area (Å²) >= 11 is 5.17. The maximum atomic E-state index is 9.98. The van der Waals surface area contributed by atoms with Crippen molar-refractivity contribution in [3.63, 3.8) is 0 Å². The van der Waals surface area contributed by atoms with Gasteiger partial charge >= 0.3 is 0 Å². The van der Waals surface area contributed by atoms with Gasteiger partial charge in [0.05, 0.1) is 6.10 Å². The monoisotopic (exact) mass is 325 g/mol. The SMILES string of the molecule is OC(CCCc1cccs1)Cc1cncc(Br)c1. The van der Waals surface area contributed by atoms with Crippen molar-refractivity contribution in [2.45, 2.75) is 31.8 Å². The van der Waals surface area contributed by atoms with E-state index in [9.17, 15) is 5.11 Å². The van der Waals surface area contributed by atoms with Crippen molar-refractivity contribution in [2.24, 2.45) is 0 Å². The fourth-order valence-electron chi connectivity index (χ4n) is 1.91. The molecule has 0 spiro atoms. The number of aromatic nitrogens is 1. The first-order valence-corrected chi connectivity index (χ1v) is 7.71. The van der Waals surface area contributed by atoms with Crippen LogP contribution in [0.3, 0.4) is 0 Å². The van der Waals surface area contributed by atoms with Gasteiger partial charge in [-0.2, -0.15) is 0 Å². The van der Waals surface area contributed by atoms with Crippen molar-refractivity contribution in [2.75, 3.05) is 0 Å². The first-order valence-electron chi connectivity index (χ1n) is 6.04. The molecule has 96 valence electrons. The van der Waals surface area contributed by atoms with Crippen LogP contribution < -0.4 is 0 Å². The highest BCUT2D eigenvalue weighted by Crippen LogP contribution is 2.15. The number of halogens is 1. The Morgan fingerprint density at radius 2 is 2.28 bits per heavy atom. The molecule has 4 heteroatoms. The molecule has 18 heavy (non-hydrogen) atoms. The van der Waals surface area contributed by atoms with Crippen molar-refractivity contribution in [3.05, 3.63) is 50.9 Å². The van der Waals surface area contributed by atoms with Crippen molar-refractivity contribution in [1.82, 2.24) is 4.98 Å². The van der Waals surface area contributed by atoms with Gasteiger partial charge in [-0.3, -0.25) is 4.98 Å². The maximum Gasteiger partial charge on any atom is 0.0581 e. The Kier molecular flexibility index (Phi) is 5.35. The van der Waals surface area contributed by atoms with E-state index in [1.807, 2.05) is 12.3 Å². The molecular weight excluding hydrogens is 310 g/mol. The molecule has 1 N–H and O–H groups in total. The normalized spacial score (nSPS) is 12.6. The molecule has 0 saturated carbocycles. The molecular formula is C14H16BrNOS. The Morgan fingerprint density at radius 3 is 3.00 bits per heavy atom. The second-order valence-corrected chi connectivity index (χ2v) is 6.29. The van der Waals surface area contributed by atoms with Crippen LogP contribution in [0.25, 0.3) is 0 Å². The van der Waals surface area contributed by atoms with Crippen LogP contribution in [0.4, 0.5) is 0 Å². The van der Waals surface area contributed by atoms with Crippen LogP contribution in [-0.4, -0.2) is 16.2 Å². The average molecular weight is 326 g/mol. The Hall–Kier alpha value is -0.710. The first kappa shape index (κ1) is 13.7. The van der Waals surface area contributed by atoms with Crippen LogP contribution in [-0.2, 0) is 12.8 Å². The molecule has 0 radical (unpaired) electrons. The second-order valence-electron chi connectivity index (χ2n) is 4.34. The van der Waals surface area contributed by atoms with E-state index in [4.69, 9.17) is 0 Å². The lowest BCUT2D eigenvalue weighted by atomic mass is 10.0. The standard InChI is InChI=1S/C14H16BrNOS/c15-12-7-11(9-16-10-12)8-13(17)3-1-4-14-5-2-6-18-14/h2,5-7,9-10,13,17H,1,3-4,8H2. The summed E-state index contributed by atoms with van der Waals surface area (Å²) in [5.74, 6) is 0. The minimum atomic E-state index is -0.277. The van der Waals surface area contributed by atoms with Crippen LogP contribution in [0, 0.1) is 0 Å². The minimum absolute atomic E-state index is 0.277. The number of nitrogens with zero attached hydrogens (tertiary/aromatic N) is 1.